The molecular weight excluding hydrogens is 224 g/mol. The van der Waals surface area contributed by atoms with Gasteiger partial charge in [-0.1, -0.05) is 13.3 Å². The molecule has 3 rings (SSSR count). The van der Waals surface area contributed by atoms with Gasteiger partial charge in [0.15, 0.2) is 0 Å². The van der Waals surface area contributed by atoms with Crippen molar-refractivity contribution in [1.82, 2.24) is 10.2 Å². The van der Waals surface area contributed by atoms with Crippen LogP contribution in [-0.4, -0.2) is 36.0 Å². The van der Waals surface area contributed by atoms with Crippen molar-refractivity contribution in [2.45, 2.75) is 70.0 Å². The van der Waals surface area contributed by atoms with Crippen molar-refractivity contribution >= 4 is 5.91 Å². The van der Waals surface area contributed by atoms with E-state index in [1.54, 1.807) is 0 Å². The van der Waals surface area contributed by atoms with E-state index in [9.17, 15) is 4.79 Å². The van der Waals surface area contributed by atoms with Crippen LogP contribution in [0.3, 0.4) is 0 Å². The Kier molecular flexibility index (Phi) is 3.35. The second-order valence-electron chi connectivity index (χ2n) is 6.73. The maximum absolute atomic E-state index is 12.6. The molecule has 1 amide bonds. The molecule has 2 bridgehead atoms. The predicted molar refractivity (Wildman–Crippen MR) is 72.2 cm³/mol. The summed E-state index contributed by atoms with van der Waals surface area (Å²) >= 11 is 0. The summed E-state index contributed by atoms with van der Waals surface area (Å²) in [6.45, 7) is 2.25. The molecule has 2 saturated heterocycles. The van der Waals surface area contributed by atoms with E-state index in [1.807, 2.05) is 7.05 Å². The fourth-order valence-electron chi connectivity index (χ4n) is 4.30. The van der Waals surface area contributed by atoms with Crippen molar-refractivity contribution in [1.29, 1.82) is 0 Å². The van der Waals surface area contributed by atoms with Crippen molar-refractivity contribution in [3.05, 3.63) is 0 Å². The topological polar surface area (TPSA) is 32.3 Å². The molecule has 4 unspecified atom stereocenters. The Bertz CT molecular complexity index is 318. The third-order valence-corrected chi connectivity index (χ3v) is 5.52. The average Bonchev–Trinajstić information content (AvgIpc) is 2.93. The van der Waals surface area contributed by atoms with Gasteiger partial charge in [0.1, 0.15) is 0 Å². The molecule has 18 heavy (non-hydrogen) atoms. The summed E-state index contributed by atoms with van der Waals surface area (Å²) in [7, 11) is 2.04. The summed E-state index contributed by atoms with van der Waals surface area (Å²) in [4.78, 5) is 14.7. The maximum atomic E-state index is 12.6. The number of nitrogens with zero attached hydrogens (tertiary/aromatic N) is 1. The summed E-state index contributed by atoms with van der Waals surface area (Å²) in [5.74, 6) is 1.33. The minimum absolute atomic E-state index is 0.308. The van der Waals surface area contributed by atoms with Crippen molar-refractivity contribution in [2.75, 3.05) is 7.05 Å². The van der Waals surface area contributed by atoms with Crippen molar-refractivity contribution in [3.8, 4) is 0 Å². The first-order valence-corrected chi connectivity index (χ1v) is 7.68. The second-order valence-corrected chi connectivity index (χ2v) is 6.73. The number of hydrogen-bond donors (Lipinski definition) is 1. The number of piperidine rings is 1. The number of amides is 1. The number of rotatable bonds is 2. The summed E-state index contributed by atoms with van der Waals surface area (Å²) < 4.78 is 0. The zero-order valence-corrected chi connectivity index (χ0v) is 11.7. The monoisotopic (exact) mass is 250 g/mol. The zero-order valence-electron chi connectivity index (χ0n) is 11.7. The number of carbonyl (C=O) groups excluding carboxylic acids is 1. The highest BCUT2D eigenvalue weighted by atomic mass is 16.2. The van der Waals surface area contributed by atoms with Crippen LogP contribution in [0.15, 0.2) is 0 Å². The van der Waals surface area contributed by atoms with Gasteiger partial charge in [0.25, 0.3) is 0 Å². The normalized spacial score (nSPS) is 43.1. The van der Waals surface area contributed by atoms with Crippen molar-refractivity contribution in [2.24, 2.45) is 11.8 Å². The largest absolute Gasteiger partial charge is 0.342 e. The highest BCUT2D eigenvalue weighted by molar-refractivity contribution is 5.79. The third kappa shape index (κ3) is 2.18. The van der Waals surface area contributed by atoms with Crippen LogP contribution in [-0.2, 0) is 4.79 Å². The van der Waals surface area contributed by atoms with E-state index in [-0.39, 0.29) is 0 Å². The molecule has 3 heteroatoms. The smallest absolute Gasteiger partial charge is 0.225 e. The predicted octanol–water partition coefficient (Wildman–Crippen LogP) is 2.16. The highest BCUT2D eigenvalue weighted by Gasteiger charge is 2.39. The molecule has 1 N–H and O–H groups in total. The van der Waals surface area contributed by atoms with Gasteiger partial charge in [-0.2, -0.15) is 0 Å². The van der Waals surface area contributed by atoms with Crippen LogP contribution in [0.25, 0.3) is 0 Å². The lowest BCUT2D eigenvalue weighted by molar-refractivity contribution is -0.138. The molecule has 1 aliphatic carbocycles. The van der Waals surface area contributed by atoms with Crippen LogP contribution in [0.2, 0.25) is 0 Å². The first-order chi connectivity index (χ1) is 8.65. The van der Waals surface area contributed by atoms with Gasteiger partial charge in [-0.3, -0.25) is 4.79 Å². The molecule has 3 nitrogen and oxygen atoms in total. The van der Waals surface area contributed by atoms with Gasteiger partial charge in [0.2, 0.25) is 5.91 Å². The number of hydrogen-bond acceptors (Lipinski definition) is 2. The van der Waals surface area contributed by atoms with Crippen LogP contribution in [0, 0.1) is 11.8 Å². The molecule has 1 saturated carbocycles. The minimum Gasteiger partial charge on any atom is -0.342 e. The first kappa shape index (κ1) is 12.5. The van der Waals surface area contributed by atoms with Crippen LogP contribution in [0.1, 0.15) is 51.9 Å². The Morgan fingerprint density at radius 1 is 1.11 bits per heavy atom. The average molecular weight is 250 g/mol. The van der Waals surface area contributed by atoms with Crippen LogP contribution < -0.4 is 5.32 Å². The van der Waals surface area contributed by atoms with Crippen LogP contribution in [0.5, 0.6) is 0 Å². The highest BCUT2D eigenvalue weighted by Crippen LogP contribution is 2.35. The maximum Gasteiger partial charge on any atom is 0.225 e. The molecule has 0 spiro atoms. The van der Waals surface area contributed by atoms with Crippen LogP contribution >= 0.6 is 0 Å². The van der Waals surface area contributed by atoms with Gasteiger partial charge in [-0.15, -0.1) is 0 Å². The van der Waals surface area contributed by atoms with E-state index in [4.69, 9.17) is 0 Å². The molecular formula is C15H26N2O. The standard InChI is InChI=1S/C15H26N2O/c1-10-4-3-5-14(10)15(18)17(2)13-8-11-6-7-12(9-13)16-11/h10-14,16H,3-9H2,1-2H3. The molecule has 0 aromatic heterocycles. The van der Waals surface area contributed by atoms with Gasteiger partial charge in [0.05, 0.1) is 0 Å². The Morgan fingerprint density at radius 3 is 2.33 bits per heavy atom. The van der Waals surface area contributed by atoms with E-state index in [0.29, 0.717) is 35.9 Å². The Balaban J connectivity index is 1.63. The number of carbonyl (C=O) groups is 1. The Hall–Kier alpha value is -0.570. The fourth-order valence-corrected chi connectivity index (χ4v) is 4.30. The van der Waals surface area contributed by atoms with E-state index in [2.05, 4.69) is 17.1 Å². The molecule has 3 fully saturated rings. The molecule has 0 aromatic rings. The Labute approximate surface area is 110 Å². The zero-order chi connectivity index (χ0) is 12.7. The summed E-state index contributed by atoms with van der Waals surface area (Å²) in [5, 5.41) is 3.65. The molecule has 0 radical (unpaired) electrons. The van der Waals surface area contributed by atoms with E-state index < -0.39 is 0 Å². The molecule has 102 valence electrons. The first-order valence-electron chi connectivity index (χ1n) is 7.68. The lowest BCUT2D eigenvalue weighted by Crippen LogP contribution is -2.50. The molecule has 0 aromatic carbocycles. The molecule has 4 atom stereocenters. The summed E-state index contributed by atoms with van der Waals surface area (Å²) in [6.07, 6.45) is 8.54. The fraction of sp³-hybridized carbons (Fsp3) is 0.933. The van der Waals surface area contributed by atoms with E-state index in [1.165, 1.54) is 38.5 Å². The second kappa shape index (κ2) is 4.84. The lowest BCUT2D eigenvalue weighted by Gasteiger charge is -2.37. The van der Waals surface area contributed by atoms with Gasteiger partial charge in [0, 0.05) is 31.1 Å². The van der Waals surface area contributed by atoms with E-state index >= 15 is 0 Å². The van der Waals surface area contributed by atoms with Crippen molar-refractivity contribution < 1.29 is 4.79 Å². The van der Waals surface area contributed by atoms with Gasteiger partial charge < -0.3 is 10.2 Å². The molecule has 3 aliphatic rings. The van der Waals surface area contributed by atoms with Gasteiger partial charge >= 0.3 is 0 Å². The van der Waals surface area contributed by atoms with Crippen molar-refractivity contribution in [3.63, 3.8) is 0 Å². The number of fused-ring (bicyclic) bond motifs is 2. The third-order valence-electron chi connectivity index (χ3n) is 5.52. The summed E-state index contributed by atoms with van der Waals surface area (Å²) in [5.41, 5.74) is 0. The Morgan fingerprint density at radius 2 is 1.78 bits per heavy atom. The van der Waals surface area contributed by atoms with E-state index in [0.717, 1.165) is 6.42 Å². The SMILES string of the molecule is CC1CCCC1C(=O)N(C)C1CC2CCC(C1)N2. The van der Waals surface area contributed by atoms with Gasteiger partial charge in [-0.25, -0.2) is 0 Å². The molecule has 2 heterocycles. The quantitative estimate of drug-likeness (QED) is 0.814. The number of nitrogens with one attached hydrogen (secondary N) is 1. The van der Waals surface area contributed by atoms with Gasteiger partial charge in [-0.05, 0) is 44.4 Å². The minimum atomic E-state index is 0.308. The lowest BCUT2D eigenvalue weighted by atomic mass is 9.93. The summed E-state index contributed by atoms with van der Waals surface area (Å²) in [6, 6.07) is 1.83. The van der Waals surface area contributed by atoms with Crippen LogP contribution in [0.4, 0.5) is 0 Å². The molecule has 2 aliphatic heterocycles.